The maximum atomic E-state index is 12.7. The van der Waals surface area contributed by atoms with Crippen LogP contribution >= 0.6 is 24.0 Å². The molecule has 0 aliphatic carbocycles. The molecule has 0 spiro atoms. The molecular formula is C19H15NO3S2. The molecule has 2 aromatic rings. The van der Waals surface area contributed by atoms with Gasteiger partial charge in [0.1, 0.15) is 18.1 Å². The van der Waals surface area contributed by atoms with Crippen LogP contribution in [0.25, 0.3) is 6.08 Å². The highest BCUT2D eigenvalue weighted by Gasteiger charge is 2.33. The summed E-state index contributed by atoms with van der Waals surface area (Å²) in [4.78, 5) is 14.6. The second-order valence-corrected chi connectivity index (χ2v) is 6.88. The molecule has 1 fully saturated rings. The Bertz CT molecular complexity index is 859. The third kappa shape index (κ3) is 3.92. The summed E-state index contributed by atoms with van der Waals surface area (Å²) < 4.78 is 5.88. The number of carbonyl (C=O) groups is 1. The van der Waals surface area contributed by atoms with Gasteiger partial charge in [0, 0.05) is 6.07 Å². The van der Waals surface area contributed by atoms with Crippen LogP contribution in [0.1, 0.15) is 5.56 Å². The molecular weight excluding hydrogens is 354 g/mol. The number of aromatic hydroxyl groups is 1. The number of anilines is 1. The number of amides is 1. The molecule has 1 aliphatic rings. The summed E-state index contributed by atoms with van der Waals surface area (Å²) in [6, 6.07) is 13.9. The summed E-state index contributed by atoms with van der Waals surface area (Å²) in [7, 11) is 0. The van der Waals surface area contributed by atoms with Crippen molar-refractivity contribution in [1.82, 2.24) is 0 Å². The van der Waals surface area contributed by atoms with Gasteiger partial charge in [-0.25, -0.2) is 0 Å². The third-order valence-electron chi connectivity index (χ3n) is 3.43. The number of phenols is 1. The predicted octanol–water partition coefficient (Wildman–Crippen LogP) is 4.36. The maximum absolute atomic E-state index is 12.7. The number of thiocarbonyl (C=S) groups is 1. The lowest BCUT2D eigenvalue weighted by Crippen LogP contribution is -2.27. The zero-order valence-electron chi connectivity index (χ0n) is 13.2. The second-order valence-electron chi connectivity index (χ2n) is 5.21. The molecule has 1 amide bonds. The molecule has 0 radical (unpaired) electrons. The summed E-state index contributed by atoms with van der Waals surface area (Å²) in [6.07, 6.45) is 3.47. The number of hydrogen-bond donors (Lipinski definition) is 1. The standard InChI is InChI=1S/C19H15NO3S2/c1-2-10-23-16-8-6-13(7-9-16)11-17-18(22)20(19(24)25-17)14-4-3-5-15(21)12-14/h2-9,11-12,21H,1,10H2/b17-11-. The Kier molecular flexibility index (Phi) is 5.21. The minimum absolute atomic E-state index is 0.0886. The number of phenolic OH excluding ortho intramolecular Hbond substituents is 1. The van der Waals surface area contributed by atoms with Crippen LogP contribution in [-0.2, 0) is 4.79 Å². The fraction of sp³-hybridized carbons (Fsp3) is 0.0526. The molecule has 4 nitrogen and oxygen atoms in total. The van der Waals surface area contributed by atoms with Gasteiger partial charge < -0.3 is 9.84 Å². The molecule has 126 valence electrons. The van der Waals surface area contributed by atoms with Gasteiger partial charge in [0.2, 0.25) is 0 Å². The van der Waals surface area contributed by atoms with Gasteiger partial charge in [-0.05, 0) is 35.9 Å². The molecule has 3 rings (SSSR count). The minimum atomic E-state index is -0.201. The van der Waals surface area contributed by atoms with E-state index in [0.29, 0.717) is 21.5 Å². The summed E-state index contributed by atoms with van der Waals surface area (Å²) in [5, 5.41) is 9.61. The van der Waals surface area contributed by atoms with E-state index in [4.69, 9.17) is 17.0 Å². The maximum Gasteiger partial charge on any atom is 0.270 e. The molecule has 6 heteroatoms. The van der Waals surface area contributed by atoms with Crippen LogP contribution in [0.2, 0.25) is 0 Å². The smallest absolute Gasteiger partial charge is 0.270 e. The zero-order valence-corrected chi connectivity index (χ0v) is 14.8. The van der Waals surface area contributed by atoms with Crippen LogP contribution in [0.3, 0.4) is 0 Å². The van der Waals surface area contributed by atoms with Crippen LogP contribution in [0, 0.1) is 0 Å². The minimum Gasteiger partial charge on any atom is -0.508 e. The van der Waals surface area contributed by atoms with Gasteiger partial charge in [0.15, 0.2) is 4.32 Å². The second kappa shape index (κ2) is 7.55. The Balaban J connectivity index is 1.81. The van der Waals surface area contributed by atoms with E-state index in [1.165, 1.54) is 22.7 Å². The number of hydrogen-bond acceptors (Lipinski definition) is 5. The molecule has 25 heavy (non-hydrogen) atoms. The van der Waals surface area contributed by atoms with Crippen molar-refractivity contribution < 1.29 is 14.6 Å². The van der Waals surface area contributed by atoms with Crippen molar-refractivity contribution in [2.45, 2.75) is 0 Å². The van der Waals surface area contributed by atoms with E-state index < -0.39 is 0 Å². The lowest BCUT2D eigenvalue weighted by atomic mass is 10.2. The van der Waals surface area contributed by atoms with Crippen molar-refractivity contribution in [2.24, 2.45) is 0 Å². The number of benzene rings is 2. The summed E-state index contributed by atoms with van der Waals surface area (Å²) >= 11 is 6.56. The Morgan fingerprint density at radius 3 is 2.68 bits per heavy atom. The molecule has 1 aliphatic heterocycles. The molecule has 0 bridgehead atoms. The third-order valence-corrected chi connectivity index (χ3v) is 4.73. The molecule has 0 atom stereocenters. The lowest BCUT2D eigenvalue weighted by Gasteiger charge is -2.14. The average molecular weight is 369 g/mol. The van der Waals surface area contributed by atoms with Crippen LogP contribution in [-0.4, -0.2) is 21.9 Å². The topological polar surface area (TPSA) is 49.8 Å². The first-order chi connectivity index (χ1) is 12.1. The van der Waals surface area contributed by atoms with Crippen molar-refractivity contribution in [3.8, 4) is 11.5 Å². The van der Waals surface area contributed by atoms with E-state index in [2.05, 4.69) is 6.58 Å². The first kappa shape index (κ1) is 17.3. The van der Waals surface area contributed by atoms with Crippen molar-refractivity contribution in [3.05, 3.63) is 71.7 Å². The Morgan fingerprint density at radius 1 is 1.24 bits per heavy atom. The van der Waals surface area contributed by atoms with Crippen molar-refractivity contribution in [1.29, 1.82) is 0 Å². The largest absolute Gasteiger partial charge is 0.508 e. The van der Waals surface area contributed by atoms with E-state index >= 15 is 0 Å². The van der Waals surface area contributed by atoms with E-state index in [-0.39, 0.29) is 11.7 Å². The number of ether oxygens (including phenoxy) is 1. The van der Waals surface area contributed by atoms with E-state index in [1.807, 2.05) is 24.3 Å². The Hall–Kier alpha value is -2.57. The Morgan fingerprint density at radius 2 is 2.00 bits per heavy atom. The molecule has 1 N–H and O–H groups in total. The molecule has 0 aromatic heterocycles. The summed E-state index contributed by atoms with van der Waals surface area (Å²) in [6.45, 7) is 4.05. The molecule has 1 saturated heterocycles. The number of rotatable bonds is 5. The highest BCUT2D eigenvalue weighted by molar-refractivity contribution is 8.27. The van der Waals surface area contributed by atoms with E-state index in [9.17, 15) is 9.90 Å². The fourth-order valence-electron chi connectivity index (χ4n) is 2.29. The van der Waals surface area contributed by atoms with Crippen LogP contribution in [0.5, 0.6) is 11.5 Å². The van der Waals surface area contributed by atoms with Crippen molar-refractivity contribution in [2.75, 3.05) is 11.5 Å². The highest BCUT2D eigenvalue weighted by atomic mass is 32.2. The number of carbonyl (C=O) groups excluding carboxylic acids is 1. The number of thioether (sulfide) groups is 1. The van der Waals surface area contributed by atoms with Crippen LogP contribution in [0.15, 0.2) is 66.1 Å². The summed E-state index contributed by atoms with van der Waals surface area (Å²) in [5.74, 6) is 0.627. The first-order valence-electron chi connectivity index (χ1n) is 7.49. The van der Waals surface area contributed by atoms with E-state index in [0.717, 1.165) is 11.3 Å². The highest BCUT2D eigenvalue weighted by Crippen LogP contribution is 2.36. The molecule has 0 unspecified atom stereocenters. The first-order valence-corrected chi connectivity index (χ1v) is 8.72. The zero-order chi connectivity index (χ0) is 17.8. The Labute approximate surface area is 155 Å². The van der Waals surface area contributed by atoms with Gasteiger partial charge in [-0.2, -0.15) is 0 Å². The predicted molar refractivity (Wildman–Crippen MR) is 106 cm³/mol. The van der Waals surface area contributed by atoms with E-state index in [1.54, 1.807) is 30.4 Å². The van der Waals surface area contributed by atoms with Gasteiger partial charge in [0.05, 0.1) is 10.6 Å². The van der Waals surface area contributed by atoms with Crippen molar-refractivity contribution in [3.63, 3.8) is 0 Å². The van der Waals surface area contributed by atoms with Gasteiger partial charge >= 0.3 is 0 Å². The molecule has 2 aromatic carbocycles. The summed E-state index contributed by atoms with van der Waals surface area (Å²) in [5.41, 5.74) is 1.43. The van der Waals surface area contributed by atoms with Crippen molar-refractivity contribution >= 4 is 46.0 Å². The van der Waals surface area contributed by atoms with Gasteiger partial charge in [-0.3, -0.25) is 9.69 Å². The lowest BCUT2D eigenvalue weighted by molar-refractivity contribution is -0.113. The van der Waals surface area contributed by atoms with Gasteiger partial charge in [-0.1, -0.05) is 54.8 Å². The monoisotopic (exact) mass is 369 g/mol. The van der Waals surface area contributed by atoms with Crippen LogP contribution < -0.4 is 9.64 Å². The molecule has 0 saturated carbocycles. The average Bonchev–Trinajstić information content (AvgIpc) is 2.88. The quantitative estimate of drug-likeness (QED) is 0.482. The fourth-order valence-corrected chi connectivity index (χ4v) is 3.59. The van der Waals surface area contributed by atoms with Crippen LogP contribution in [0.4, 0.5) is 5.69 Å². The molecule has 1 heterocycles. The number of nitrogens with zero attached hydrogens (tertiary/aromatic N) is 1. The normalized spacial score (nSPS) is 15.7. The SMILES string of the molecule is C=CCOc1ccc(/C=C2\SC(=S)N(c3cccc(O)c3)C2=O)cc1. The van der Waals surface area contributed by atoms with Gasteiger partial charge in [-0.15, -0.1) is 0 Å². The van der Waals surface area contributed by atoms with Gasteiger partial charge in [0.25, 0.3) is 5.91 Å².